The maximum atomic E-state index is 13.4. The number of nitrogens with zero attached hydrogens (tertiary/aromatic N) is 1. The minimum Gasteiger partial charge on any atom is -0.378 e. The molecule has 110 valence electrons. The van der Waals surface area contributed by atoms with Crippen molar-refractivity contribution in [2.24, 2.45) is 5.92 Å². The van der Waals surface area contributed by atoms with Crippen LogP contribution in [-0.4, -0.2) is 4.92 Å². The molecule has 0 heterocycles. The number of anilines is 1. The molecule has 0 amide bonds. The van der Waals surface area contributed by atoms with Crippen LogP contribution in [-0.2, 0) is 0 Å². The average Bonchev–Trinajstić information content (AvgIpc) is 2.46. The molecule has 2 aromatic rings. The summed E-state index contributed by atoms with van der Waals surface area (Å²) in [5, 5.41) is 14.0. The zero-order valence-corrected chi connectivity index (χ0v) is 11.9. The van der Waals surface area contributed by atoms with Crippen molar-refractivity contribution in [1.82, 2.24) is 0 Å². The van der Waals surface area contributed by atoms with Gasteiger partial charge in [-0.2, -0.15) is 4.39 Å². The molecular weight excluding hydrogens is 271 g/mol. The van der Waals surface area contributed by atoms with Crippen molar-refractivity contribution < 1.29 is 9.31 Å². The molecular formula is C16H17FN2O2. The van der Waals surface area contributed by atoms with Crippen LogP contribution in [0.15, 0.2) is 48.5 Å². The van der Waals surface area contributed by atoms with Gasteiger partial charge in [0.15, 0.2) is 0 Å². The van der Waals surface area contributed by atoms with E-state index in [1.165, 1.54) is 12.1 Å². The highest BCUT2D eigenvalue weighted by molar-refractivity contribution is 5.53. The predicted molar refractivity (Wildman–Crippen MR) is 80.7 cm³/mol. The monoisotopic (exact) mass is 288 g/mol. The van der Waals surface area contributed by atoms with E-state index in [-0.39, 0.29) is 12.0 Å². The van der Waals surface area contributed by atoms with Crippen molar-refractivity contribution >= 4 is 11.4 Å². The minimum atomic E-state index is -0.827. The Morgan fingerprint density at radius 2 is 1.81 bits per heavy atom. The van der Waals surface area contributed by atoms with Gasteiger partial charge in [0.2, 0.25) is 5.82 Å². The van der Waals surface area contributed by atoms with Gasteiger partial charge in [0.1, 0.15) is 0 Å². The number of benzene rings is 2. The van der Waals surface area contributed by atoms with Crippen LogP contribution in [0.4, 0.5) is 15.8 Å². The van der Waals surface area contributed by atoms with Crippen LogP contribution in [0.5, 0.6) is 0 Å². The van der Waals surface area contributed by atoms with Crippen LogP contribution >= 0.6 is 0 Å². The second-order valence-corrected chi connectivity index (χ2v) is 5.20. The molecule has 4 nitrogen and oxygen atoms in total. The van der Waals surface area contributed by atoms with E-state index in [4.69, 9.17) is 0 Å². The first-order valence-electron chi connectivity index (χ1n) is 6.74. The Hall–Kier alpha value is -2.43. The Labute approximate surface area is 122 Å². The number of nitrogens with one attached hydrogen (secondary N) is 1. The normalized spacial score (nSPS) is 12.2. The van der Waals surface area contributed by atoms with Crippen LogP contribution in [0.1, 0.15) is 25.5 Å². The van der Waals surface area contributed by atoms with Gasteiger partial charge in [0, 0.05) is 11.8 Å². The Morgan fingerprint density at radius 3 is 2.38 bits per heavy atom. The van der Waals surface area contributed by atoms with Crippen molar-refractivity contribution in [1.29, 1.82) is 0 Å². The van der Waals surface area contributed by atoms with E-state index in [2.05, 4.69) is 19.2 Å². The number of rotatable bonds is 5. The van der Waals surface area contributed by atoms with Crippen LogP contribution in [0.3, 0.4) is 0 Å². The van der Waals surface area contributed by atoms with E-state index in [1.54, 1.807) is 0 Å². The van der Waals surface area contributed by atoms with Gasteiger partial charge < -0.3 is 5.32 Å². The molecule has 0 aliphatic carbocycles. The predicted octanol–water partition coefficient (Wildman–Crippen LogP) is 4.54. The summed E-state index contributed by atoms with van der Waals surface area (Å²) < 4.78 is 13.4. The average molecular weight is 288 g/mol. The lowest BCUT2D eigenvalue weighted by molar-refractivity contribution is -0.387. The Kier molecular flexibility index (Phi) is 4.52. The lowest BCUT2D eigenvalue weighted by Crippen LogP contribution is -2.16. The molecule has 0 aliphatic rings. The molecule has 5 heteroatoms. The Morgan fingerprint density at radius 1 is 1.14 bits per heavy atom. The van der Waals surface area contributed by atoms with Gasteiger partial charge >= 0.3 is 5.69 Å². The molecule has 0 spiro atoms. The maximum absolute atomic E-state index is 13.4. The highest BCUT2D eigenvalue weighted by Crippen LogP contribution is 2.29. The number of hydrogen-bond acceptors (Lipinski definition) is 3. The highest BCUT2D eigenvalue weighted by Gasteiger charge is 2.18. The van der Waals surface area contributed by atoms with Gasteiger partial charge in [-0.25, -0.2) is 0 Å². The molecule has 0 radical (unpaired) electrons. The molecule has 1 atom stereocenters. The molecule has 0 aliphatic heterocycles. The summed E-state index contributed by atoms with van der Waals surface area (Å²) in [6, 6.07) is 13.7. The molecule has 2 aromatic carbocycles. The smallest absolute Gasteiger partial charge is 0.306 e. The van der Waals surface area contributed by atoms with E-state index in [0.29, 0.717) is 5.69 Å². The SMILES string of the molecule is CC(C)C(Nc1ccc(F)c([N+](=O)[O-])c1)c1ccccc1. The number of hydrogen-bond donors (Lipinski definition) is 1. The van der Waals surface area contributed by atoms with E-state index >= 15 is 0 Å². The largest absolute Gasteiger partial charge is 0.378 e. The summed E-state index contributed by atoms with van der Waals surface area (Å²) >= 11 is 0. The van der Waals surface area contributed by atoms with Crippen molar-refractivity contribution in [2.45, 2.75) is 19.9 Å². The molecule has 1 N–H and O–H groups in total. The number of nitro groups is 1. The van der Waals surface area contributed by atoms with Gasteiger partial charge in [-0.15, -0.1) is 0 Å². The molecule has 21 heavy (non-hydrogen) atoms. The van der Waals surface area contributed by atoms with E-state index < -0.39 is 16.4 Å². The van der Waals surface area contributed by atoms with Gasteiger partial charge in [-0.3, -0.25) is 10.1 Å². The second-order valence-electron chi connectivity index (χ2n) is 5.20. The fraction of sp³-hybridized carbons (Fsp3) is 0.250. The summed E-state index contributed by atoms with van der Waals surface area (Å²) in [6.07, 6.45) is 0. The standard InChI is InChI=1S/C16H17FN2O2/c1-11(2)16(12-6-4-3-5-7-12)18-13-8-9-14(17)15(10-13)19(20)21/h3-11,16,18H,1-2H3. The van der Waals surface area contributed by atoms with Crippen LogP contribution < -0.4 is 5.32 Å². The molecule has 2 rings (SSSR count). The van der Waals surface area contributed by atoms with Gasteiger partial charge in [0.05, 0.1) is 11.0 Å². The van der Waals surface area contributed by atoms with E-state index in [1.807, 2.05) is 30.3 Å². The van der Waals surface area contributed by atoms with Gasteiger partial charge in [-0.05, 0) is 23.6 Å². The molecule has 0 bridgehead atoms. The summed E-state index contributed by atoms with van der Waals surface area (Å²) in [7, 11) is 0. The first-order valence-corrected chi connectivity index (χ1v) is 6.74. The summed E-state index contributed by atoms with van der Waals surface area (Å²) in [5.74, 6) is -0.553. The third kappa shape index (κ3) is 3.56. The first kappa shape index (κ1) is 15.0. The van der Waals surface area contributed by atoms with E-state index in [0.717, 1.165) is 11.6 Å². The van der Waals surface area contributed by atoms with Crippen LogP contribution in [0, 0.1) is 21.8 Å². The fourth-order valence-corrected chi connectivity index (χ4v) is 2.22. The zero-order chi connectivity index (χ0) is 15.4. The molecule has 0 saturated carbocycles. The minimum absolute atomic E-state index is 0.00346. The van der Waals surface area contributed by atoms with E-state index in [9.17, 15) is 14.5 Å². The van der Waals surface area contributed by atoms with Crippen LogP contribution in [0.25, 0.3) is 0 Å². The third-order valence-electron chi connectivity index (χ3n) is 3.29. The topological polar surface area (TPSA) is 55.2 Å². The van der Waals surface area contributed by atoms with Gasteiger partial charge in [0.25, 0.3) is 0 Å². The van der Waals surface area contributed by atoms with Crippen molar-refractivity contribution in [3.05, 3.63) is 70.0 Å². The Balaban J connectivity index is 2.30. The second kappa shape index (κ2) is 6.35. The lowest BCUT2D eigenvalue weighted by Gasteiger charge is -2.24. The van der Waals surface area contributed by atoms with Crippen molar-refractivity contribution in [3.63, 3.8) is 0 Å². The maximum Gasteiger partial charge on any atom is 0.306 e. The summed E-state index contributed by atoms with van der Waals surface area (Å²) in [5.41, 5.74) is 1.10. The molecule has 1 unspecified atom stereocenters. The first-order chi connectivity index (χ1) is 9.99. The number of halogens is 1. The fourth-order valence-electron chi connectivity index (χ4n) is 2.22. The summed E-state index contributed by atoms with van der Waals surface area (Å²) in [6.45, 7) is 4.12. The molecule has 0 aromatic heterocycles. The molecule has 0 fully saturated rings. The third-order valence-corrected chi connectivity index (χ3v) is 3.29. The quantitative estimate of drug-likeness (QED) is 0.649. The van der Waals surface area contributed by atoms with Crippen LogP contribution in [0.2, 0.25) is 0 Å². The molecule has 0 saturated heterocycles. The Bertz CT molecular complexity index is 629. The summed E-state index contributed by atoms with van der Waals surface area (Å²) in [4.78, 5) is 10.1. The zero-order valence-electron chi connectivity index (χ0n) is 11.9. The number of nitro benzene ring substituents is 1. The van der Waals surface area contributed by atoms with Gasteiger partial charge in [-0.1, -0.05) is 44.2 Å². The van der Waals surface area contributed by atoms with Crippen molar-refractivity contribution in [3.8, 4) is 0 Å². The lowest BCUT2D eigenvalue weighted by atomic mass is 9.96. The highest BCUT2D eigenvalue weighted by atomic mass is 19.1. The van der Waals surface area contributed by atoms with Crippen molar-refractivity contribution in [2.75, 3.05) is 5.32 Å².